The molecular formula is C27H31N3O6S. The number of nitrogens with one attached hydrogen (secondary N) is 1. The number of benzene rings is 2. The van der Waals surface area contributed by atoms with Crippen LogP contribution in [0.2, 0.25) is 0 Å². The highest BCUT2D eigenvalue weighted by Gasteiger charge is 2.29. The number of aryl methyl sites for hydroxylation is 1. The molecule has 37 heavy (non-hydrogen) atoms. The van der Waals surface area contributed by atoms with Crippen LogP contribution in [0.5, 0.6) is 0 Å². The summed E-state index contributed by atoms with van der Waals surface area (Å²) in [7, 11) is 0. The van der Waals surface area contributed by atoms with Crippen molar-refractivity contribution < 1.29 is 30.0 Å². The second kappa shape index (κ2) is 13.7. The van der Waals surface area contributed by atoms with Crippen LogP contribution in [0.1, 0.15) is 29.7 Å². The van der Waals surface area contributed by atoms with E-state index in [9.17, 15) is 9.59 Å². The van der Waals surface area contributed by atoms with Gasteiger partial charge in [0, 0.05) is 23.0 Å². The number of aromatic nitrogens is 1. The van der Waals surface area contributed by atoms with E-state index < -0.39 is 24.1 Å². The third-order valence-corrected chi connectivity index (χ3v) is 6.83. The number of nitrogens with two attached hydrogens (primary N) is 1. The molecule has 1 aliphatic heterocycles. The van der Waals surface area contributed by atoms with Crippen LogP contribution in [0.25, 0.3) is 16.8 Å². The molecule has 1 aromatic heterocycles. The van der Waals surface area contributed by atoms with E-state index in [4.69, 9.17) is 26.2 Å². The van der Waals surface area contributed by atoms with E-state index in [2.05, 4.69) is 71.0 Å². The summed E-state index contributed by atoms with van der Waals surface area (Å²) in [6.07, 6.45) is 2.22. The first-order valence-electron chi connectivity index (χ1n) is 11.9. The largest absolute Gasteiger partial charge is 0.479 e. The predicted octanol–water partition coefficient (Wildman–Crippen LogP) is 3.04. The van der Waals surface area contributed by atoms with Gasteiger partial charge in [0.05, 0.1) is 5.69 Å². The lowest BCUT2D eigenvalue weighted by atomic mass is 9.92. The van der Waals surface area contributed by atoms with E-state index in [1.165, 1.54) is 16.0 Å². The van der Waals surface area contributed by atoms with Gasteiger partial charge in [-0.15, -0.1) is 11.3 Å². The number of nitrogen functional groups attached to an aromatic ring is 1. The fourth-order valence-electron chi connectivity index (χ4n) is 4.00. The van der Waals surface area contributed by atoms with Gasteiger partial charge >= 0.3 is 11.9 Å². The van der Waals surface area contributed by atoms with Gasteiger partial charge in [0.1, 0.15) is 0 Å². The van der Waals surface area contributed by atoms with Gasteiger partial charge in [-0.2, -0.15) is 0 Å². The Hall–Kier alpha value is -3.57. The van der Waals surface area contributed by atoms with Crippen molar-refractivity contribution in [3.63, 3.8) is 0 Å². The van der Waals surface area contributed by atoms with Gasteiger partial charge in [-0.3, -0.25) is 0 Å². The Morgan fingerprint density at radius 1 is 0.973 bits per heavy atom. The molecule has 0 saturated heterocycles. The molecule has 0 bridgehead atoms. The number of anilines is 1. The molecule has 4 rings (SSSR count). The number of aliphatic carboxylic acids is 2. The molecule has 3 unspecified atom stereocenters. The molecule has 2 aromatic carbocycles. The van der Waals surface area contributed by atoms with Crippen LogP contribution in [0.4, 0.5) is 5.13 Å². The molecule has 3 aromatic rings. The van der Waals surface area contributed by atoms with Crippen molar-refractivity contribution in [1.82, 2.24) is 10.3 Å². The number of rotatable bonds is 9. The zero-order valence-electron chi connectivity index (χ0n) is 20.2. The van der Waals surface area contributed by atoms with E-state index in [0.29, 0.717) is 11.2 Å². The SMILES string of the molecule is Nc1nc(-c2ccccc2)c(CCCC2CC(c3ccccc3)=CCN2)s1.O=C(O)C(O)C(O)C(=O)O. The van der Waals surface area contributed by atoms with Gasteiger partial charge < -0.3 is 31.5 Å². The van der Waals surface area contributed by atoms with Crippen LogP contribution in [-0.2, 0) is 16.0 Å². The van der Waals surface area contributed by atoms with Crippen molar-refractivity contribution in [2.75, 3.05) is 12.3 Å². The van der Waals surface area contributed by atoms with Crippen molar-refractivity contribution in [1.29, 1.82) is 0 Å². The normalized spacial score (nSPS) is 16.6. The number of aliphatic hydroxyl groups is 2. The zero-order chi connectivity index (χ0) is 26.8. The Morgan fingerprint density at radius 2 is 1.54 bits per heavy atom. The Balaban J connectivity index is 0.000000325. The summed E-state index contributed by atoms with van der Waals surface area (Å²) in [6.45, 7) is 0.956. The molecule has 196 valence electrons. The molecule has 9 nitrogen and oxygen atoms in total. The first-order valence-corrected chi connectivity index (χ1v) is 12.7. The van der Waals surface area contributed by atoms with Crippen LogP contribution in [-0.4, -0.2) is 62.1 Å². The summed E-state index contributed by atoms with van der Waals surface area (Å²) in [4.78, 5) is 25.4. The fraction of sp³-hybridized carbons (Fsp3) is 0.296. The van der Waals surface area contributed by atoms with Gasteiger partial charge in [-0.25, -0.2) is 14.6 Å². The summed E-state index contributed by atoms with van der Waals surface area (Å²) in [5.41, 5.74) is 11.0. The maximum absolute atomic E-state index is 9.77. The Bertz CT molecular complexity index is 1180. The molecule has 2 heterocycles. The lowest BCUT2D eigenvalue weighted by molar-refractivity contribution is -0.165. The molecule has 7 N–H and O–H groups in total. The first-order chi connectivity index (χ1) is 17.8. The molecule has 3 atom stereocenters. The maximum atomic E-state index is 9.77. The molecule has 0 amide bonds. The molecule has 0 radical (unpaired) electrons. The van der Waals surface area contributed by atoms with E-state index >= 15 is 0 Å². The second-order valence-electron chi connectivity index (χ2n) is 8.55. The Morgan fingerprint density at radius 3 is 2.11 bits per heavy atom. The van der Waals surface area contributed by atoms with Gasteiger partial charge in [-0.1, -0.05) is 66.7 Å². The minimum atomic E-state index is -2.27. The average Bonchev–Trinajstić information content (AvgIpc) is 3.29. The highest BCUT2D eigenvalue weighted by Crippen LogP contribution is 2.31. The number of hydrogen-bond donors (Lipinski definition) is 6. The molecule has 0 aliphatic carbocycles. The number of carboxylic acid groups (broad SMARTS) is 2. The number of carbonyl (C=O) groups is 2. The van der Waals surface area contributed by atoms with Crippen molar-refractivity contribution in [3.05, 3.63) is 77.2 Å². The van der Waals surface area contributed by atoms with Crippen molar-refractivity contribution >= 4 is 34.0 Å². The quantitative estimate of drug-likeness (QED) is 0.246. The molecule has 0 spiro atoms. The third kappa shape index (κ3) is 8.22. The first kappa shape index (κ1) is 28.0. The predicted molar refractivity (Wildman–Crippen MR) is 143 cm³/mol. The minimum Gasteiger partial charge on any atom is -0.479 e. The molecule has 0 fully saturated rings. The van der Waals surface area contributed by atoms with E-state index in [-0.39, 0.29) is 0 Å². The summed E-state index contributed by atoms with van der Waals surface area (Å²) < 4.78 is 0. The smallest absolute Gasteiger partial charge is 0.335 e. The summed E-state index contributed by atoms with van der Waals surface area (Å²) >= 11 is 1.63. The van der Waals surface area contributed by atoms with Crippen LogP contribution in [0, 0.1) is 0 Å². The summed E-state index contributed by atoms with van der Waals surface area (Å²) in [5, 5.41) is 36.8. The van der Waals surface area contributed by atoms with E-state index in [0.717, 1.165) is 43.5 Å². The Labute approximate surface area is 218 Å². The molecule has 0 saturated carbocycles. The summed E-state index contributed by atoms with van der Waals surface area (Å²) in [5.74, 6) is -3.54. The minimum absolute atomic E-state index is 0.538. The summed E-state index contributed by atoms with van der Waals surface area (Å²) in [6, 6.07) is 21.6. The van der Waals surface area contributed by atoms with Crippen LogP contribution >= 0.6 is 11.3 Å². The lowest BCUT2D eigenvalue weighted by Gasteiger charge is -2.24. The number of carboxylic acids is 2. The molecule has 1 aliphatic rings. The van der Waals surface area contributed by atoms with Crippen LogP contribution in [0.15, 0.2) is 66.7 Å². The second-order valence-corrected chi connectivity index (χ2v) is 9.67. The fourth-order valence-corrected chi connectivity index (χ4v) is 4.90. The van der Waals surface area contributed by atoms with Crippen LogP contribution in [0.3, 0.4) is 0 Å². The Kier molecular flexibility index (Phi) is 10.3. The van der Waals surface area contributed by atoms with E-state index in [1.54, 1.807) is 11.3 Å². The van der Waals surface area contributed by atoms with E-state index in [1.807, 2.05) is 6.07 Å². The lowest BCUT2D eigenvalue weighted by Crippen LogP contribution is -2.39. The monoisotopic (exact) mass is 525 g/mol. The highest BCUT2D eigenvalue weighted by atomic mass is 32.1. The van der Waals surface area contributed by atoms with Crippen molar-refractivity contribution in [2.24, 2.45) is 0 Å². The zero-order valence-corrected chi connectivity index (χ0v) is 21.0. The third-order valence-electron chi connectivity index (χ3n) is 5.89. The van der Waals surface area contributed by atoms with Crippen molar-refractivity contribution in [3.8, 4) is 11.3 Å². The number of hydrogen-bond acceptors (Lipinski definition) is 8. The highest BCUT2D eigenvalue weighted by molar-refractivity contribution is 7.15. The average molecular weight is 526 g/mol. The topological polar surface area (TPSA) is 166 Å². The standard InChI is InChI=1S/C23H25N3S.C4H6O6/c24-23-26-22(18-10-5-2-6-11-18)21(27-23)13-7-12-20-16-19(14-15-25-20)17-8-3-1-4-9-17;5-1(3(7)8)2(6)4(9)10/h1-6,8-11,14,20,25H,7,12-13,15-16H2,(H2,24,26);1-2,5-6H,(H,7,8)(H,9,10). The number of nitrogens with zero attached hydrogens (tertiary/aromatic N) is 1. The molecular weight excluding hydrogens is 494 g/mol. The molecule has 10 heteroatoms. The van der Waals surface area contributed by atoms with Gasteiger partial charge in [0.25, 0.3) is 0 Å². The maximum Gasteiger partial charge on any atom is 0.335 e. The van der Waals surface area contributed by atoms with Crippen LogP contribution < -0.4 is 11.1 Å². The van der Waals surface area contributed by atoms with Gasteiger partial charge in [-0.05, 0) is 36.8 Å². The van der Waals surface area contributed by atoms with Gasteiger partial charge in [0.2, 0.25) is 0 Å². The van der Waals surface area contributed by atoms with Gasteiger partial charge in [0.15, 0.2) is 17.3 Å². The van der Waals surface area contributed by atoms with Crippen molar-refractivity contribution in [2.45, 2.75) is 43.9 Å². The number of aliphatic hydroxyl groups excluding tert-OH is 2. The number of thiazole rings is 1.